The van der Waals surface area contributed by atoms with Gasteiger partial charge in [-0.2, -0.15) is 5.10 Å². The van der Waals surface area contributed by atoms with Crippen LogP contribution in [0.3, 0.4) is 0 Å². The van der Waals surface area contributed by atoms with Gasteiger partial charge in [0.15, 0.2) is 0 Å². The number of aromatic nitrogens is 3. The summed E-state index contributed by atoms with van der Waals surface area (Å²) in [5.74, 6) is 0.258. The van der Waals surface area contributed by atoms with Crippen molar-refractivity contribution in [3.63, 3.8) is 0 Å². The van der Waals surface area contributed by atoms with Crippen molar-refractivity contribution in [2.45, 2.75) is 26.1 Å². The van der Waals surface area contributed by atoms with Gasteiger partial charge in [-0.25, -0.2) is 14.1 Å². The zero-order valence-electron chi connectivity index (χ0n) is 14.3. The molecule has 0 fully saturated rings. The van der Waals surface area contributed by atoms with Crippen molar-refractivity contribution in [2.75, 3.05) is 7.11 Å². The maximum atomic E-state index is 14.2. The maximum Gasteiger partial charge on any atom is 0.137 e. The van der Waals surface area contributed by atoms with E-state index in [4.69, 9.17) is 4.74 Å². The lowest BCUT2D eigenvalue weighted by atomic mass is 10.1. The fourth-order valence-electron chi connectivity index (χ4n) is 2.71. The first-order chi connectivity index (χ1) is 12.2. The summed E-state index contributed by atoms with van der Waals surface area (Å²) in [7, 11) is 1.53. The van der Waals surface area contributed by atoms with Gasteiger partial charge in [-0.3, -0.25) is 0 Å². The molecule has 0 saturated heterocycles. The van der Waals surface area contributed by atoms with Crippen LogP contribution in [0.2, 0.25) is 0 Å². The van der Waals surface area contributed by atoms with Crippen LogP contribution in [0.25, 0.3) is 0 Å². The molecule has 1 aromatic heterocycles. The summed E-state index contributed by atoms with van der Waals surface area (Å²) in [5.41, 5.74) is 2.91. The summed E-state index contributed by atoms with van der Waals surface area (Å²) < 4.78 is 21.0. The fraction of sp³-hybridized carbons (Fsp3) is 0.263. The van der Waals surface area contributed by atoms with Gasteiger partial charge in [0.2, 0.25) is 0 Å². The van der Waals surface area contributed by atoms with E-state index in [1.807, 2.05) is 13.0 Å². The Morgan fingerprint density at radius 3 is 2.76 bits per heavy atom. The fourth-order valence-corrected chi connectivity index (χ4v) is 2.71. The number of halogens is 1. The highest BCUT2D eigenvalue weighted by Gasteiger charge is 2.11. The van der Waals surface area contributed by atoms with Crippen molar-refractivity contribution in [3.8, 4) is 5.75 Å². The number of nitrogens with zero attached hydrogens (tertiary/aromatic N) is 3. The van der Waals surface area contributed by atoms with Gasteiger partial charge >= 0.3 is 0 Å². The van der Waals surface area contributed by atoms with E-state index in [1.165, 1.54) is 19.5 Å². The van der Waals surface area contributed by atoms with Crippen LogP contribution in [0.5, 0.6) is 5.75 Å². The Morgan fingerprint density at radius 1 is 1.20 bits per heavy atom. The Bertz CT molecular complexity index is 820. The third-order valence-electron chi connectivity index (χ3n) is 4.09. The van der Waals surface area contributed by atoms with E-state index in [9.17, 15) is 4.39 Å². The molecule has 0 radical (unpaired) electrons. The highest BCUT2D eigenvalue weighted by Crippen LogP contribution is 2.22. The quantitative estimate of drug-likeness (QED) is 0.717. The van der Waals surface area contributed by atoms with Crippen molar-refractivity contribution in [3.05, 3.63) is 77.6 Å². The summed E-state index contributed by atoms with van der Waals surface area (Å²) in [6.45, 7) is 3.28. The van der Waals surface area contributed by atoms with Crippen molar-refractivity contribution >= 4 is 0 Å². The Morgan fingerprint density at radius 2 is 2.04 bits per heavy atom. The zero-order chi connectivity index (χ0) is 17.6. The molecular weight excluding hydrogens is 319 g/mol. The standard InChI is InChI=1S/C19H21FN4O/c1-14(18-7-6-17(25-2)9-19(18)20)22-10-15-4-3-5-16(8-15)11-24-13-21-12-23-24/h3-9,12-14,22H,10-11H2,1-2H3/t14-/m0/s1. The number of ether oxygens (including phenoxy) is 1. The molecular formula is C19H21FN4O. The van der Waals surface area contributed by atoms with E-state index in [1.54, 1.807) is 23.1 Å². The number of hydrogen-bond acceptors (Lipinski definition) is 4. The molecule has 6 heteroatoms. The molecule has 0 unspecified atom stereocenters. The molecule has 0 spiro atoms. The Hall–Kier alpha value is -2.73. The Kier molecular flexibility index (Phi) is 5.40. The van der Waals surface area contributed by atoms with Crippen LogP contribution in [0.15, 0.2) is 55.1 Å². The first kappa shape index (κ1) is 17.1. The van der Waals surface area contributed by atoms with Gasteiger partial charge < -0.3 is 10.1 Å². The van der Waals surface area contributed by atoms with Crippen molar-refractivity contribution in [1.29, 1.82) is 0 Å². The maximum absolute atomic E-state index is 14.2. The van der Waals surface area contributed by atoms with E-state index in [0.717, 1.165) is 11.1 Å². The van der Waals surface area contributed by atoms with Crippen LogP contribution in [0.1, 0.15) is 29.7 Å². The minimum atomic E-state index is -0.265. The molecule has 1 heterocycles. The molecule has 0 amide bonds. The van der Waals surface area contributed by atoms with Gasteiger partial charge in [-0.1, -0.05) is 30.3 Å². The molecule has 1 atom stereocenters. The molecule has 0 aliphatic carbocycles. The Labute approximate surface area is 146 Å². The van der Waals surface area contributed by atoms with Crippen LogP contribution in [0, 0.1) is 5.82 Å². The van der Waals surface area contributed by atoms with E-state index in [0.29, 0.717) is 24.4 Å². The van der Waals surface area contributed by atoms with Crippen LogP contribution < -0.4 is 10.1 Å². The first-order valence-electron chi connectivity index (χ1n) is 8.13. The lowest BCUT2D eigenvalue weighted by Crippen LogP contribution is -2.19. The molecule has 2 aromatic carbocycles. The monoisotopic (exact) mass is 340 g/mol. The minimum Gasteiger partial charge on any atom is -0.497 e. The third kappa shape index (κ3) is 4.42. The highest BCUT2D eigenvalue weighted by molar-refractivity contribution is 5.31. The second kappa shape index (κ2) is 7.90. The number of benzene rings is 2. The van der Waals surface area contributed by atoms with Gasteiger partial charge in [-0.15, -0.1) is 0 Å². The van der Waals surface area contributed by atoms with Crippen LogP contribution in [0.4, 0.5) is 4.39 Å². The molecule has 0 aliphatic heterocycles. The summed E-state index contributed by atoms with van der Waals surface area (Å²) in [4.78, 5) is 3.95. The van der Waals surface area contributed by atoms with Crippen molar-refractivity contribution in [1.82, 2.24) is 20.1 Å². The SMILES string of the molecule is COc1ccc([C@H](C)NCc2cccc(Cn3cncn3)c2)c(F)c1. The molecule has 0 aliphatic rings. The molecule has 3 aromatic rings. The second-order valence-electron chi connectivity index (χ2n) is 5.90. The minimum absolute atomic E-state index is 0.107. The summed E-state index contributed by atoms with van der Waals surface area (Å²) in [6, 6.07) is 13.1. The number of nitrogens with one attached hydrogen (secondary N) is 1. The van der Waals surface area contributed by atoms with Gasteiger partial charge in [-0.05, 0) is 24.1 Å². The zero-order valence-corrected chi connectivity index (χ0v) is 14.3. The summed E-state index contributed by atoms with van der Waals surface area (Å²) in [6.07, 6.45) is 3.22. The van der Waals surface area contributed by atoms with E-state index in [-0.39, 0.29) is 11.9 Å². The van der Waals surface area contributed by atoms with Crippen molar-refractivity contribution < 1.29 is 9.13 Å². The van der Waals surface area contributed by atoms with Gasteiger partial charge in [0.1, 0.15) is 24.2 Å². The lowest BCUT2D eigenvalue weighted by molar-refractivity contribution is 0.409. The highest BCUT2D eigenvalue weighted by atomic mass is 19.1. The smallest absolute Gasteiger partial charge is 0.137 e. The summed E-state index contributed by atoms with van der Waals surface area (Å²) >= 11 is 0. The normalized spacial score (nSPS) is 12.1. The molecule has 0 saturated carbocycles. The molecule has 25 heavy (non-hydrogen) atoms. The number of rotatable bonds is 7. The van der Waals surface area contributed by atoms with Crippen LogP contribution in [-0.4, -0.2) is 21.9 Å². The van der Waals surface area contributed by atoms with E-state index >= 15 is 0 Å². The predicted octanol–water partition coefficient (Wildman–Crippen LogP) is 3.32. The molecule has 1 N–H and O–H groups in total. The van der Waals surface area contributed by atoms with E-state index in [2.05, 4.69) is 33.6 Å². The predicted molar refractivity (Wildman–Crippen MR) is 93.8 cm³/mol. The van der Waals surface area contributed by atoms with E-state index < -0.39 is 0 Å². The van der Waals surface area contributed by atoms with Crippen LogP contribution in [-0.2, 0) is 13.1 Å². The second-order valence-corrected chi connectivity index (χ2v) is 5.90. The third-order valence-corrected chi connectivity index (χ3v) is 4.09. The largest absolute Gasteiger partial charge is 0.497 e. The topological polar surface area (TPSA) is 52.0 Å². The average molecular weight is 340 g/mol. The number of methoxy groups -OCH3 is 1. The molecule has 3 rings (SSSR count). The van der Waals surface area contributed by atoms with Gasteiger partial charge in [0.25, 0.3) is 0 Å². The first-order valence-corrected chi connectivity index (χ1v) is 8.13. The Balaban J connectivity index is 1.63. The van der Waals surface area contributed by atoms with Gasteiger partial charge in [0, 0.05) is 24.2 Å². The summed E-state index contributed by atoms with van der Waals surface area (Å²) in [5, 5.41) is 7.48. The van der Waals surface area contributed by atoms with Crippen molar-refractivity contribution in [2.24, 2.45) is 0 Å². The molecule has 5 nitrogen and oxygen atoms in total. The molecule has 0 bridgehead atoms. The molecule has 130 valence electrons. The average Bonchev–Trinajstić information content (AvgIpc) is 3.13. The van der Waals surface area contributed by atoms with Crippen LogP contribution >= 0.6 is 0 Å². The lowest BCUT2D eigenvalue weighted by Gasteiger charge is -2.16. The van der Waals surface area contributed by atoms with Gasteiger partial charge in [0.05, 0.1) is 13.7 Å². The number of hydrogen-bond donors (Lipinski definition) is 1.